The molecule has 1 aromatic rings. The Balaban J connectivity index is 1.81. The average molecular weight is 261 g/mol. The number of carboxylic acids is 1. The van der Waals surface area contributed by atoms with Crippen molar-refractivity contribution in [2.45, 2.75) is 39.2 Å². The van der Waals surface area contributed by atoms with Crippen LogP contribution in [-0.2, 0) is 11.2 Å². The van der Waals surface area contributed by atoms with Gasteiger partial charge < -0.3 is 10.0 Å². The number of hydrogen-bond donors (Lipinski definition) is 1. The van der Waals surface area contributed by atoms with E-state index in [2.05, 4.69) is 44.0 Å². The van der Waals surface area contributed by atoms with Gasteiger partial charge in [-0.2, -0.15) is 0 Å². The molecule has 0 spiro atoms. The summed E-state index contributed by atoms with van der Waals surface area (Å²) in [5, 5.41) is 8.88. The molecule has 1 fully saturated rings. The molecule has 0 amide bonds. The van der Waals surface area contributed by atoms with E-state index in [1.54, 1.807) is 0 Å². The van der Waals surface area contributed by atoms with Crippen LogP contribution in [0.5, 0.6) is 0 Å². The number of benzene rings is 1. The fourth-order valence-corrected chi connectivity index (χ4v) is 2.76. The van der Waals surface area contributed by atoms with Crippen molar-refractivity contribution in [3.05, 3.63) is 34.9 Å². The second-order valence-corrected chi connectivity index (χ2v) is 5.82. The average Bonchev–Trinajstić information content (AvgIpc) is 2.25. The molecule has 1 saturated carbocycles. The Labute approximate surface area is 115 Å². The third-order valence-corrected chi connectivity index (χ3v) is 4.32. The number of carboxylic acid groups (broad SMARTS) is 1. The summed E-state index contributed by atoms with van der Waals surface area (Å²) in [7, 11) is 2.10. The predicted octanol–water partition coefficient (Wildman–Crippen LogP) is 2.64. The molecular formula is C16H23NO2. The quantitative estimate of drug-likeness (QED) is 0.886. The van der Waals surface area contributed by atoms with Crippen molar-refractivity contribution in [3.63, 3.8) is 0 Å². The fourth-order valence-electron chi connectivity index (χ4n) is 2.76. The van der Waals surface area contributed by atoms with Crippen molar-refractivity contribution in [1.82, 2.24) is 4.90 Å². The van der Waals surface area contributed by atoms with Crippen LogP contribution in [-0.4, -0.2) is 35.6 Å². The summed E-state index contributed by atoms with van der Waals surface area (Å²) >= 11 is 0. The van der Waals surface area contributed by atoms with Gasteiger partial charge in [-0.25, -0.2) is 0 Å². The summed E-state index contributed by atoms with van der Waals surface area (Å²) < 4.78 is 0. The van der Waals surface area contributed by atoms with Gasteiger partial charge in [0, 0.05) is 12.6 Å². The maximum absolute atomic E-state index is 10.8. The van der Waals surface area contributed by atoms with Gasteiger partial charge in [-0.3, -0.25) is 4.79 Å². The normalized spacial score (nSPS) is 22.3. The second kappa shape index (κ2) is 5.74. The van der Waals surface area contributed by atoms with Gasteiger partial charge in [-0.1, -0.05) is 23.8 Å². The zero-order valence-electron chi connectivity index (χ0n) is 12.0. The highest BCUT2D eigenvalue weighted by molar-refractivity contribution is 5.71. The molecule has 1 aliphatic carbocycles. The number of likely N-dealkylation sites (N-methyl/N-ethyl adjacent to an activating group) is 1. The number of nitrogens with zero attached hydrogens (tertiary/aromatic N) is 1. The van der Waals surface area contributed by atoms with Crippen LogP contribution >= 0.6 is 0 Å². The van der Waals surface area contributed by atoms with Crippen LogP contribution in [0.15, 0.2) is 18.2 Å². The molecule has 1 N–H and O–H groups in total. The molecule has 19 heavy (non-hydrogen) atoms. The lowest BCUT2D eigenvalue weighted by atomic mass is 9.79. The summed E-state index contributed by atoms with van der Waals surface area (Å²) in [6.45, 7) is 5.27. The molecule has 0 bridgehead atoms. The molecule has 104 valence electrons. The smallest absolute Gasteiger partial charge is 0.306 e. The number of hydrogen-bond acceptors (Lipinski definition) is 2. The zero-order valence-corrected chi connectivity index (χ0v) is 12.0. The molecule has 0 aliphatic heterocycles. The Morgan fingerprint density at radius 2 is 2.05 bits per heavy atom. The summed E-state index contributed by atoms with van der Waals surface area (Å²) in [6.07, 6.45) is 2.65. The van der Waals surface area contributed by atoms with Crippen LogP contribution in [0.1, 0.15) is 29.5 Å². The van der Waals surface area contributed by atoms with Gasteiger partial charge in [0.15, 0.2) is 0 Å². The van der Waals surface area contributed by atoms with Crippen molar-refractivity contribution in [3.8, 4) is 0 Å². The number of carbonyl (C=O) groups is 1. The Bertz CT molecular complexity index is 464. The molecule has 0 heterocycles. The van der Waals surface area contributed by atoms with Crippen molar-refractivity contribution in [2.24, 2.45) is 5.92 Å². The van der Waals surface area contributed by atoms with E-state index in [1.807, 2.05) is 0 Å². The molecular weight excluding hydrogens is 238 g/mol. The number of aliphatic carboxylic acids is 1. The Kier molecular flexibility index (Phi) is 4.25. The number of rotatable bonds is 5. The highest BCUT2D eigenvalue weighted by atomic mass is 16.4. The SMILES string of the molecule is Cc1ccc(CCN(C)C2CC(C(=O)O)C2)c(C)c1. The van der Waals surface area contributed by atoms with E-state index in [4.69, 9.17) is 5.11 Å². The van der Waals surface area contributed by atoms with Gasteiger partial charge in [0.25, 0.3) is 0 Å². The lowest BCUT2D eigenvalue weighted by Crippen LogP contribution is -2.45. The zero-order chi connectivity index (χ0) is 14.0. The molecule has 3 heteroatoms. The summed E-state index contributed by atoms with van der Waals surface area (Å²) in [4.78, 5) is 13.1. The van der Waals surface area contributed by atoms with Crippen molar-refractivity contribution < 1.29 is 9.90 Å². The Hall–Kier alpha value is -1.35. The van der Waals surface area contributed by atoms with Gasteiger partial charge in [0.05, 0.1) is 5.92 Å². The van der Waals surface area contributed by atoms with Crippen LogP contribution in [0.25, 0.3) is 0 Å². The lowest BCUT2D eigenvalue weighted by molar-refractivity contribution is -0.146. The van der Waals surface area contributed by atoms with Crippen molar-refractivity contribution >= 4 is 5.97 Å². The minimum atomic E-state index is -0.640. The maximum Gasteiger partial charge on any atom is 0.306 e. The van der Waals surface area contributed by atoms with Gasteiger partial charge in [-0.15, -0.1) is 0 Å². The summed E-state index contributed by atoms with van der Waals surface area (Å²) in [5.41, 5.74) is 4.05. The molecule has 0 aromatic heterocycles. The summed E-state index contributed by atoms with van der Waals surface area (Å²) in [5.74, 6) is -0.757. The van der Waals surface area contributed by atoms with Crippen LogP contribution in [0.3, 0.4) is 0 Å². The van der Waals surface area contributed by atoms with Gasteiger partial charge >= 0.3 is 5.97 Å². The van der Waals surface area contributed by atoms with Gasteiger partial charge in [0.1, 0.15) is 0 Å². The van der Waals surface area contributed by atoms with E-state index in [0.29, 0.717) is 6.04 Å². The number of aryl methyl sites for hydroxylation is 2. The van der Waals surface area contributed by atoms with Crippen molar-refractivity contribution in [2.75, 3.05) is 13.6 Å². The van der Waals surface area contributed by atoms with Crippen molar-refractivity contribution in [1.29, 1.82) is 0 Å². The van der Waals surface area contributed by atoms with E-state index >= 15 is 0 Å². The second-order valence-electron chi connectivity index (χ2n) is 5.82. The fraction of sp³-hybridized carbons (Fsp3) is 0.562. The standard InChI is InChI=1S/C16H23NO2/c1-11-4-5-13(12(2)8-11)6-7-17(3)15-9-14(10-15)16(18)19/h4-5,8,14-15H,6-7,9-10H2,1-3H3,(H,18,19). The first kappa shape index (κ1) is 14.1. The first-order chi connectivity index (χ1) is 8.97. The van der Waals surface area contributed by atoms with E-state index in [-0.39, 0.29) is 5.92 Å². The third kappa shape index (κ3) is 3.35. The molecule has 0 radical (unpaired) electrons. The molecule has 1 aromatic carbocycles. The van der Waals surface area contributed by atoms with Crippen LogP contribution in [0.4, 0.5) is 0 Å². The first-order valence-electron chi connectivity index (χ1n) is 6.96. The molecule has 0 saturated heterocycles. The third-order valence-electron chi connectivity index (χ3n) is 4.32. The van der Waals surface area contributed by atoms with E-state index in [0.717, 1.165) is 25.8 Å². The van der Waals surface area contributed by atoms with Crippen LogP contribution < -0.4 is 0 Å². The first-order valence-corrected chi connectivity index (χ1v) is 6.96. The molecule has 2 rings (SSSR count). The minimum Gasteiger partial charge on any atom is -0.481 e. The molecule has 0 unspecified atom stereocenters. The predicted molar refractivity (Wildman–Crippen MR) is 76.4 cm³/mol. The summed E-state index contributed by atoms with van der Waals surface area (Å²) in [6, 6.07) is 7.04. The Morgan fingerprint density at radius 3 is 2.63 bits per heavy atom. The highest BCUT2D eigenvalue weighted by Gasteiger charge is 2.36. The molecule has 1 aliphatic rings. The Morgan fingerprint density at radius 1 is 1.37 bits per heavy atom. The van der Waals surface area contributed by atoms with Gasteiger partial charge in [0.2, 0.25) is 0 Å². The maximum atomic E-state index is 10.8. The van der Waals surface area contributed by atoms with E-state index in [9.17, 15) is 4.79 Å². The highest BCUT2D eigenvalue weighted by Crippen LogP contribution is 2.31. The minimum absolute atomic E-state index is 0.117. The van der Waals surface area contributed by atoms with Crippen LogP contribution in [0, 0.1) is 19.8 Å². The van der Waals surface area contributed by atoms with Crippen LogP contribution in [0.2, 0.25) is 0 Å². The van der Waals surface area contributed by atoms with E-state index < -0.39 is 5.97 Å². The topological polar surface area (TPSA) is 40.5 Å². The monoisotopic (exact) mass is 261 g/mol. The largest absolute Gasteiger partial charge is 0.481 e. The molecule has 3 nitrogen and oxygen atoms in total. The van der Waals surface area contributed by atoms with Gasteiger partial charge in [-0.05, 0) is 51.3 Å². The molecule has 0 atom stereocenters. The van der Waals surface area contributed by atoms with E-state index in [1.165, 1.54) is 16.7 Å². The lowest BCUT2D eigenvalue weighted by Gasteiger charge is -2.39.